The van der Waals surface area contributed by atoms with Crippen LogP contribution in [0.5, 0.6) is 0 Å². The summed E-state index contributed by atoms with van der Waals surface area (Å²) in [5.74, 6) is -0.457. The van der Waals surface area contributed by atoms with Crippen molar-refractivity contribution in [2.45, 2.75) is 64.1 Å². The summed E-state index contributed by atoms with van der Waals surface area (Å²) >= 11 is 0. The van der Waals surface area contributed by atoms with Crippen LogP contribution in [-0.2, 0) is 9.59 Å². The summed E-state index contributed by atoms with van der Waals surface area (Å²) in [6.45, 7) is 5.47. The minimum absolute atomic E-state index is 0.457. The molecule has 3 unspecified atom stereocenters. The van der Waals surface area contributed by atoms with Crippen molar-refractivity contribution >= 4 is 12.3 Å². The molecule has 1 aliphatic rings. The Labute approximate surface area is 109 Å². The first-order chi connectivity index (χ1) is 8.56. The summed E-state index contributed by atoms with van der Waals surface area (Å²) in [6.07, 6.45) is 5.83. The minimum Gasteiger partial charge on any atom is -0.368 e. The van der Waals surface area contributed by atoms with E-state index in [0.29, 0.717) is 24.9 Å². The predicted octanol–water partition coefficient (Wildman–Crippen LogP) is 0.629. The summed E-state index contributed by atoms with van der Waals surface area (Å²) < 4.78 is 0. The van der Waals surface area contributed by atoms with E-state index in [1.165, 1.54) is 19.3 Å². The average molecular weight is 255 g/mol. The number of rotatable bonds is 7. The van der Waals surface area contributed by atoms with E-state index in [1.54, 1.807) is 0 Å². The molecule has 5 nitrogen and oxygen atoms in total. The number of carbonyl (C=O) groups is 2. The van der Waals surface area contributed by atoms with Crippen molar-refractivity contribution in [1.82, 2.24) is 10.2 Å². The van der Waals surface area contributed by atoms with Crippen LogP contribution in [-0.4, -0.2) is 41.9 Å². The molecule has 5 heteroatoms. The molecule has 0 aromatic heterocycles. The number of nitrogens with two attached hydrogens (primary N) is 1. The van der Waals surface area contributed by atoms with E-state index in [4.69, 9.17) is 5.73 Å². The number of nitrogens with one attached hydrogen (secondary N) is 1. The average Bonchev–Trinajstić information content (AvgIpc) is 2.31. The van der Waals surface area contributed by atoms with E-state index < -0.39 is 11.9 Å². The van der Waals surface area contributed by atoms with E-state index in [2.05, 4.69) is 24.1 Å². The fraction of sp³-hybridized carbons (Fsp3) is 0.846. The van der Waals surface area contributed by atoms with Gasteiger partial charge in [-0.3, -0.25) is 14.5 Å². The Kier molecular flexibility index (Phi) is 6.12. The molecule has 0 radical (unpaired) electrons. The maximum absolute atomic E-state index is 11.1. The summed E-state index contributed by atoms with van der Waals surface area (Å²) in [5.41, 5.74) is 5.22. The Morgan fingerprint density at radius 1 is 1.44 bits per heavy atom. The molecule has 0 bridgehead atoms. The van der Waals surface area contributed by atoms with Crippen LogP contribution in [0.25, 0.3) is 0 Å². The molecule has 18 heavy (non-hydrogen) atoms. The molecule has 0 aliphatic carbocycles. The first-order valence-corrected chi connectivity index (χ1v) is 6.81. The number of nitrogens with zero attached hydrogens (tertiary/aromatic N) is 1. The molecular weight excluding hydrogens is 230 g/mol. The molecule has 2 amide bonds. The lowest BCUT2D eigenvalue weighted by Crippen LogP contribution is -2.45. The molecule has 1 saturated heterocycles. The second kappa shape index (κ2) is 7.36. The monoisotopic (exact) mass is 255 g/mol. The Morgan fingerprint density at radius 2 is 2.06 bits per heavy atom. The van der Waals surface area contributed by atoms with Gasteiger partial charge in [0.25, 0.3) is 0 Å². The third-order valence-corrected chi connectivity index (χ3v) is 3.90. The van der Waals surface area contributed by atoms with Gasteiger partial charge in [-0.25, -0.2) is 0 Å². The zero-order valence-electron chi connectivity index (χ0n) is 11.4. The van der Waals surface area contributed by atoms with E-state index in [9.17, 15) is 9.59 Å². The summed E-state index contributed by atoms with van der Waals surface area (Å²) in [7, 11) is 0. The number of hydrogen-bond acceptors (Lipinski definition) is 3. The Hall–Kier alpha value is -1.10. The number of hydrogen-bond donors (Lipinski definition) is 2. The van der Waals surface area contributed by atoms with Crippen LogP contribution in [0.4, 0.5) is 0 Å². The lowest BCUT2D eigenvalue weighted by Gasteiger charge is -2.39. The van der Waals surface area contributed by atoms with Crippen molar-refractivity contribution in [3.8, 4) is 0 Å². The normalized spacial score (nSPS) is 26.6. The maximum atomic E-state index is 11.1. The lowest BCUT2D eigenvalue weighted by molar-refractivity contribution is -0.122. The fourth-order valence-corrected chi connectivity index (χ4v) is 2.78. The van der Waals surface area contributed by atoms with E-state index in [1.807, 2.05) is 0 Å². The van der Waals surface area contributed by atoms with Crippen molar-refractivity contribution in [2.24, 2.45) is 5.73 Å². The van der Waals surface area contributed by atoms with Gasteiger partial charge in [-0.2, -0.15) is 0 Å². The highest BCUT2D eigenvalue weighted by atomic mass is 16.2. The van der Waals surface area contributed by atoms with E-state index in [-0.39, 0.29) is 0 Å². The Balaban J connectivity index is 2.34. The number of carbonyl (C=O) groups excluding carboxylic acids is 2. The van der Waals surface area contributed by atoms with Crippen LogP contribution in [0.1, 0.15) is 46.0 Å². The fourth-order valence-electron chi connectivity index (χ4n) is 2.78. The zero-order valence-corrected chi connectivity index (χ0v) is 11.4. The molecule has 0 saturated carbocycles. The predicted molar refractivity (Wildman–Crippen MR) is 70.9 cm³/mol. The largest absolute Gasteiger partial charge is 0.368 e. The van der Waals surface area contributed by atoms with Gasteiger partial charge < -0.3 is 11.1 Å². The van der Waals surface area contributed by atoms with Crippen LogP contribution in [0, 0.1) is 0 Å². The van der Waals surface area contributed by atoms with Gasteiger partial charge >= 0.3 is 0 Å². The number of piperidine rings is 1. The second-order valence-corrected chi connectivity index (χ2v) is 5.25. The minimum atomic E-state index is -0.530. The Morgan fingerprint density at radius 3 is 2.56 bits per heavy atom. The molecule has 1 aliphatic heterocycles. The topological polar surface area (TPSA) is 75.4 Å². The first-order valence-electron chi connectivity index (χ1n) is 6.81. The molecule has 104 valence electrons. The van der Waals surface area contributed by atoms with Gasteiger partial charge in [0, 0.05) is 12.1 Å². The van der Waals surface area contributed by atoms with Gasteiger partial charge in [-0.1, -0.05) is 6.42 Å². The highest BCUT2D eigenvalue weighted by molar-refractivity contribution is 5.81. The maximum Gasteiger partial charge on any atom is 0.239 e. The van der Waals surface area contributed by atoms with Crippen LogP contribution in [0.2, 0.25) is 0 Å². The molecule has 1 fully saturated rings. The van der Waals surface area contributed by atoms with Crippen molar-refractivity contribution in [3.63, 3.8) is 0 Å². The highest BCUT2D eigenvalue weighted by Crippen LogP contribution is 2.22. The second-order valence-electron chi connectivity index (χ2n) is 5.25. The smallest absolute Gasteiger partial charge is 0.239 e. The number of primary amides is 1. The van der Waals surface area contributed by atoms with Gasteiger partial charge in [0.1, 0.15) is 6.04 Å². The Bertz CT molecular complexity index is 273. The quantitative estimate of drug-likeness (QED) is 0.655. The van der Waals surface area contributed by atoms with Crippen molar-refractivity contribution in [3.05, 3.63) is 0 Å². The lowest BCUT2D eigenvalue weighted by atomic mass is 9.97. The number of amides is 2. The molecule has 0 aromatic carbocycles. The first kappa shape index (κ1) is 15.0. The highest BCUT2D eigenvalue weighted by Gasteiger charge is 2.24. The molecular formula is C13H25N3O2. The standard InChI is InChI=1S/C13H25N3O2/c1-10-5-3-6-11(2)16(10)8-4-7-12(13(14)18)15-9-17/h9-12H,3-8H2,1-2H3,(H2,14,18)(H,15,17). The van der Waals surface area contributed by atoms with Crippen LogP contribution >= 0.6 is 0 Å². The molecule has 0 aromatic rings. The summed E-state index contributed by atoms with van der Waals surface area (Å²) in [4.78, 5) is 23.9. The van der Waals surface area contributed by atoms with Gasteiger partial charge in [-0.15, -0.1) is 0 Å². The molecule has 1 heterocycles. The molecule has 1 rings (SSSR count). The van der Waals surface area contributed by atoms with Crippen LogP contribution in [0.3, 0.4) is 0 Å². The van der Waals surface area contributed by atoms with Gasteiger partial charge in [-0.05, 0) is 46.1 Å². The van der Waals surface area contributed by atoms with Crippen LogP contribution < -0.4 is 11.1 Å². The number of likely N-dealkylation sites (tertiary alicyclic amines) is 1. The zero-order chi connectivity index (χ0) is 13.5. The summed E-state index contributed by atoms with van der Waals surface area (Å²) in [6, 6.07) is 0.692. The molecule has 3 N–H and O–H groups in total. The van der Waals surface area contributed by atoms with Crippen molar-refractivity contribution < 1.29 is 9.59 Å². The van der Waals surface area contributed by atoms with Gasteiger partial charge in [0.05, 0.1) is 0 Å². The van der Waals surface area contributed by atoms with Crippen molar-refractivity contribution in [1.29, 1.82) is 0 Å². The molecule has 3 atom stereocenters. The summed E-state index contributed by atoms with van der Waals surface area (Å²) in [5, 5.41) is 2.47. The third-order valence-electron chi connectivity index (χ3n) is 3.90. The van der Waals surface area contributed by atoms with E-state index >= 15 is 0 Å². The SMILES string of the molecule is CC1CCCC(C)N1CCCC(NC=O)C(N)=O. The van der Waals surface area contributed by atoms with Crippen LogP contribution in [0.15, 0.2) is 0 Å². The van der Waals surface area contributed by atoms with Gasteiger partial charge in [0.15, 0.2) is 0 Å². The third kappa shape index (κ3) is 4.29. The van der Waals surface area contributed by atoms with Gasteiger partial charge in [0.2, 0.25) is 12.3 Å². The van der Waals surface area contributed by atoms with Crippen molar-refractivity contribution in [2.75, 3.05) is 6.54 Å². The molecule has 0 spiro atoms. The van der Waals surface area contributed by atoms with E-state index in [0.717, 1.165) is 13.0 Å².